The molecular weight excluding hydrogens is 270 g/mol. The van der Waals surface area contributed by atoms with Gasteiger partial charge in [0.15, 0.2) is 0 Å². The third-order valence-corrected chi connectivity index (χ3v) is 4.29. The Morgan fingerprint density at radius 2 is 2.05 bits per heavy atom. The highest BCUT2D eigenvalue weighted by molar-refractivity contribution is 5.59. The van der Waals surface area contributed by atoms with Crippen LogP contribution in [0.2, 0.25) is 0 Å². The third kappa shape index (κ3) is 3.72. The first-order valence-corrected chi connectivity index (χ1v) is 7.65. The lowest BCUT2D eigenvalue weighted by Crippen LogP contribution is -2.31. The normalized spacial score (nSPS) is 17.1. The number of nitrogens with one attached hydrogen (secondary N) is 1. The first kappa shape index (κ1) is 15.8. The molecule has 0 unspecified atom stereocenters. The number of hydrogen-bond donors (Lipinski definition) is 1. The van der Waals surface area contributed by atoms with Gasteiger partial charge in [-0.05, 0) is 51.7 Å². The highest BCUT2D eigenvalue weighted by atomic mass is 16.6. The summed E-state index contributed by atoms with van der Waals surface area (Å²) < 4.78 is 1.59. The largest absolute Gasteiger partial charge is 0.365 e. The average Bonchev–Trinajstić information content (AvgIpc) is 2.77. The van der Waals surface area contributed by atoms with Crippen molar-refractivity contribution in [3.63, 3.8) is 0 Å². The van der Waals surface area contributed by atoms with E-state index in [1.54, 1.807) is 11.7 Å². The molecule has 1 aromatic heterocycles. The molecule has 0 bridgehead atoms. The molecule has 1 fully saturated rings. The molecule has 0 amide bonds. The molecule has 1 saturated heterocycles. The van der Waals surface area contributed by atoms with Crippen LogP contribution in [-0.2, 0) is 13.5 Å². The Morgan fingerprint density at radius 1 is 1.38 bits per heavy atom. The Morgan fingerprint density at radius 3 is 2.62 bits per heavy atom. The van der Waals surface area contributed by atoms with E-state index in [0.717, 1.165) is 26.1 Å². The molecule has 2 heterocycles. The van der Waals surface area contributed by atoms with Crippen LogP contribution in [0.5, 0.6) is 0 Å². The highest BCUT2D eigenvalue weighted by Gasteiger charge is 2.25. The van der Waals surface area contributed by atoms with Gasteiger partial charge in [-0.25, -0.2) is 4.68 Å². The summed E-state index contributed by atoms with van der Waals surface area (Å²) in [5, 5.41) is 18.7. The molecule has 7 heteroatoms. The van der Waals surface area contributed by atoms with E-state index in [0.29, 0.717) is 23.9 Å². The van der Waals surface area contributed by atoms with E-state index in [-0.39, 0.29) is 10.6 Å². The molecule has 21 heavy (non-hydrogen) atoms. The van der Waals surface area contributed by atoms with Crippen LogP contribution in [0.15, 0.2) is 0 Å². The molecule has 1 aromatic rings. The molecule has 7 nitrogen and oxygen atoms in total. The van der Waals surface area contributed by atoms with Crippen LogP contribution in [-0.4, -0.2) is 46.3 Å². The molecule has 1 N–H and O–H groups in total. The first-order valence-electron chi connectivity index (χ1n) is 7.65. The quantitative estimate of drug-likeness (QED) is 0.642. The topological polar surface area (TPSA) is 76.2 Å². The molecule has 1 aliphatic heterocycles. The van der Waals surface area contributed by atoms with Crippen LogP contribution in [0.4, 0.5) is 11.5 Å². The maximum Gasteiger partial charge on any atom is 0.333 e. The van der Waals surface area contributed by atoms with E-state index in [1.165, 1.54) is 12.8 Å². The summed E-state index contributed by atoms with van der Waals surface area (Å²) in [6.45, 7) is 4.95. The number of aromatic nitrogens is 2. The number of piperidine rings is 1. The molecule has 0 atom stereocenters. The predicted octanol–water partition coefficient (Wildman–Crippen LogP) is 2.03. The molecule has 0 spiro atoms. The number of rotatable bonds is 6. The summed E-state index contributed by atoms with van der Waals surface area (Å²) in [6, 6.07) is 0. The zero-order valence-electron chi connectivity index (χ0n) is 13.1. The van der Waals surface area contributed by atoms with Gasteiger partial charge in [0.2, 0.25) is 5.82 Å². The SMILES string of the molecule is CCc1nn(C)c(NCCC2CCN(C)CC2)c1[N+](=O)[O-]. The van der Waals surface area contributed by atoms with Crippen molar-refractivity contribution in [2.45, 2.75) is 32.6 Å². The molecule has 2 rings (SSSR count). The molecule has 0 saturated carbocycles. The molecule has 0 aliphatic carbocycles. The van der Waals surface area contributed by atoms with Gasteiger partial charge in [0.1, 0.15) is 5.69 Å². The molecule has 1 aliphatic rings. The molecule has 0 radical (unpaired) electrons. The molecular formula is C14H25N5O2. The summed E-state index contributed by atoms with van der Waals surface area (Å²) in [6.07, 6.45) is 4.05. The zero-order valence-corrected chi connectivity index (χ0v) is 13.1. The monoisotopic (exact) mass is 295 g/mol. The van der Waals surface area contributed by atoms with Crippen LogP contribution >= 0.6 is 0 Å². The van der Waals surface area contributed by atoms with Crippen molar-refractivity contribution in [3.05, 3.63) is 15.8 Å². The van der Waals surface area contributed by atoms with Crippen molar-refractivity contribution >= 4 is 11.5 Å². The van der Waals surface area contributed by atoms with Crippen LogP contribution in [0, 0.1) is 16.0 Å². The predicted molar refractivity (Wildman–Crippen MR) is 82.6 cm³/mol. The summed E-state index contributed by atoms with van der Waals surface area (Å²) in [4.78, 5) is 13.2. The Balaban J connectivity index is 1.94. The maximum atomic E-state index is 11.2. The summed E-state index contributed by atoms with van der Waals surface area (Å²) in [5.74, 6) is 1.25. The first-order chi connectivity index (χ1) is 10.0. The Hall–Kier alpha value is -1.63. The van der Waals surface area contributed by atoms with Crippen molar-refractivity contribution in [1.82, 2.24) is 14.7 Å². The fraction of sp³-hybridized carbons (Fsp3) is 0.786. The maximum absolute atomic E-state index is 11.2. The minimum Gasteiger partial charge on any atom is -0.365 e. The van der Waals surface area contributed by atoms with E-state index >= 15 is 0 Å². The Labute approximate surface area is 125 Å². The second-order valence-corrected chi connectivity index (χ2v) is 5.84. The average molecular weight is 295 g/mol. The molecule has 118 valence electrons. The van der Waals surface area contributed by atoms with Crippen molar-refractivity contribution in [3.8, 4) is 0 Å². The van der Waals surface area contributed by atoms with E-state index in [2.05, 4.69) is 22.4 Å². The van der Waals surface area contributed by atoms with E-state index < -0.39 is 0 Å². The zero-order chi connectivity index (χ0) is 15.4. The smallest absolute Gasteiger partial charge is 0.333 e. The van der Waals surface area contributed by atoms with Crippen LogP contribution in [0.25, 0.3) is 0 Å². The van der Waals surface area contributed by atoms with Gasteiger partial charge in [-0.15, -0.1) is 0 Å². The second-order valence-electron chi connectivity index (χ2n) is 5.84. The Bertz CT molecular complexity index is 492. The minimum atomic E-state index is -0.330. The number of likely N-dealkylation sites (tertiary alicyclic amines) is 1. The summed E-state index contributed by atoms with van der Waals surface area (Å²) in [5.41, 5.74) is 0.674. The number of aryl methyl sites for hydroxylation is 2. The van der Waals surface area contributed by atoms with Gasteiger partial charge < -0.3 is 10.2 Å². The lowest BCUT2D eigenvalue weighted by Gasteiger charge is -2.28. The van der Waals surface area contributed by atoms with Crippen molar-refractivity contribution in [2.75, 3.05) is 32.0 Å². The van der Waals surface area contributed by atoms with E-state index in [1.807, 2.05) is 6.92 Å². The lowest BCUT2D eigenvalue weighted by molar-refractivity contribution is -0.384. The number of hydrogen-bond acceptors (Lipinski definition) is 5. The van der Waals surface area contributed by atoms with Crippen LogP contribution in [0.3, 0.4) is 0 Å². The van der Waals surface area contributed by atoms with Crippen LogP contribution < -0.4 is 5.32 Å². The van der Waals surface area contributed by atoms with E-state index in [4.69, 9.17) is 0 Å². The standard InChI is InChI=1S/C14H25N5O2/c1-4-12-13(19(20)21)14(18(3)16-12)15-8-5-11-6-9-17(2)10-7-11/h11,15H,4-10H2,1-3H3. The fourth-order valence-corrected chi connectivity index (χ4v) is 2.94. The van der Waals surface area contributed by atoms with Crippen molar-refractivity contribution < 1.29 is 4.92 Å². The summed E-state index contributed by atoms with van der Waals surface area (Å²) in [7, 11) is 3.91. The lowest BCUT2D eigenvalue weighted by atomic mass is 9.94. The highest BCUT2D eigenvalue weighted by Crippen LogP contribution is 2.29. The van der Waals surface area contributed by atoms with Gasteiger partial charge in [-0.1, -0.05) is 6.92 Å². The number of nitrogens with zero attached hydrogens (tertiary/aromatic N) is 4. The fourth-order valence-electron chi connectivity index (χ4n) is 2.94. The van der Waals surface area contributed by atoms with E-state index in [9.17, 15) is 10.1 Å². The van der Waals surface area contributed by atoms with Crippen molar-refractivity contribution in [2.24, 2.45) is 13.0 Å². The second kappa shape index (κ2) is 6.89. The number of anilines is 1. The van der Waals surface area contributed by atoms with Gasteiger partial charge in [0.05, 0.1) is 4.92 Å². The number of nitro groups is 1. The van der Waals surface area contributed by atoms with Crippen LogP contribution in [0.1, 0.15) is 31.9 Å². The van der Waals surface area contributed by atoms with Gasteiger partial charge in [-0.3, -0.25) is 10.1 Å². The van der Waals surface area contributed by atoms with Gasteiger partial charge in [-0.2, -0.15) is 5.10 Å². The van der Waals surface area contributed by atoms with Gasteiger partial charge in [0.25, 0.3) is 0 Å². The van der Waals surface area contributed by atoms with Crippen molar-refractivity contribution in [1.29, 1.82) is 0 Å². The minimum absolute atomic E-state index is 0.128. The third-order valence-electron chi connectivity index (χ3n) is 4.29. The van der Waals surface area contributed by atoms with Gasteiger partial charge in [0, 0.05) is 13.6 Å². The Kier molecular flexibility index (Phi) is 5.17. The summed E-state index contributed by atoms with van der Waals surface area (Å²) >= 11 is 0. The van der Waals surface area contributed by atoms with Gasteiger partial charge >= 0.3 is 5.69 Å². The molecule has 0 aromatic carbocycles.